The molecule has 150 valence electrons. The molecule has 0 atom stereocenters. The summed E-state index contributed by atoms with van der Waals surface area (Å²) in [6, 6.07) is 14.7. The lowest BCUT2D eigenvalue weighted by Gasteiger charge is -2.05. The van der Waals surface area contributed by atoms with E-state index in [0.29, 0.717) is 16.5 Å². The van der Waals surface area contributed by atoms with Crippen LogP contribution in [0.4, 0.5) is 5.95 Å². The van der Waals surface area contributed by atoms with Crippen molar-refractivity contribution in [1.82, 2.24) is 14.9 Å². The molecular formula is C19H19BrN6O2S. The normalized spacial score (nSPS) is 11.3. The number of nitrogens with one attached hydrogen (secondary N) is 1. The van der Waals surface area contributed by atoms with Gasteiger partial charge in [-0.3, -0.25) is 4.79 Å². The fourth-order valence-corrected chi connectivity index (χ4v) is 3.35. The fourth-order valence-electron chi connectivity index (χ4n) is 2.33. The predicted molar refractivity (Wildman–Crippen MR) is 118 cm³/mol. The van der Waals surface area contributed by atoms with E-state index in [0.717, 1.165) is 15.7 Å². The largest absolute Gasteiger partial charge is 0.497 e. The van der Waals surface area contributed by atoms with Crippen LogP contribution < -0.4 is 16.0 Å². The Bertz CT molecular complexity index is 1020. The number of methoxy groups -OCH3 is 1. The van der Waals surface area contributed by atoms with Gasteiger partial charge in [0.15, 0.2) is 5.78 Å². The second kappa shape index (κ2) is 9.57. The van der Waals surface area contributed by atoms with E-state index in [9.17, 15) is 4.79 Å². The van der Waals surface area contributed by atoms with Gasteiger partial charge in [0.25, 0.3) is 5.95 Å². The van der Waals surface area contributed by atoms with Crippen molar-refractivity contribution in [3.8, 4) is 5.75 Å². The quantitative estimate of drug-likeness (QED) is 0.169. The topological polar surface area (TPSA) is 107 Å². The van der Waals surface area contributed by atoms with E-state index in [1.165, 1.54) is 16.4 Å². The van der Waals surface area contributed by atoms with Crippen LogP contribution in [0, 0.1) is 0 Å². The first-order chi connectivity index (χ1) is 14.0. The molecule has 0 spiro atoms. The molecule has 3 N–H and O–H groups in total. The molecule has 10 heteroatoms. The Kier molecular flexibility index (Phi) is 6.89. The first-order valence-corrected chi connectivity index (χ1v) is 10.3. The van der Waals surface area contributed by atoms with Crippen LogP contribution in [0.1, 0.15) is 22.8 Å². The van der Waals surface area contributed by atoms with Crippen molar-refractivity contribution in [2.45, 2.75) is 12.1 Å². The molecule has 2 aromatic carbocycles. The van der Waals surface area contributed by atoms with Gasteiger partial charge in [0.2, 0.25) is 5.16 Å². The summed E-state index contributed by atoms with van der Waals surface area (Å²) >= 11 is 4.61. The summed E-state index contributed by atoms with van der Waals surface area (Å²) < 4.78 is 7.36. The van der Waals surface area contributed by atoms with Gasteiger partial charge in [-0.2, -0.15) is 5.10 Å². The van der Waals surface area contributed by atoms with E-state index in [2.05, 4.69) is 36.7 Å². The zero-order valence-electron chi connectivity index (χ0n) is 15.8. The van der Waals surface area contributed by atoms with Gasteiger partial charge in [-0.1, -0.05) is 39.8 Å². The summed E-state index contributed by atoms with van der Waals surface area (Å²) in [5.41, 5.74) is 5.13. The summed E-state index contributed by atoms with van der Waals surface area (Å²) in [6.07, 6.45) is 0. The molecule has 0 bridgehead atoms. The van der Waals surface area contributed by atoms with Gasteiger partial charge in [0.05, 0.1) is 18.6 Å². The lowest BCUT2D eigenvalue weighted by molar-refractivity contribution is 0.102. The molecule has 0 amide bonds. The van der Waals surface area contributed by atoms with Crippen LogP contribution in [0.15, 0.2) is 63.3 Å². The maximum atomic E-state index is 12.3. The van der Waals surface area contributed by atoms with Crippen molar-refractivity contribution in [1.29, 1.82) is 0 Å². The third kappa shape index (κ3) is 5.36. The van der Waals surface area contributed by atoms with E-state index in [-0.39, 0.29) is 17.5 Å². The van der Waals surface area contributed by atoms with Crippen molar-refractivity contribution in [3.63, 3.8) is 0 Å². The first-order valence-electron chi connectivity index (χ1n) is 8.54. The van der Waals surface area contributed by atoms with Crippen molar-refractivity contribution in [3.05, 3.63) is 64.1 Å². The number of aromatic nitrogens is 3. The summed E-state index contributed by atoms with van der Waals surface area (Å²) in [7, 11) is 1.58. The minimum Gasteiger partial charge on any atom is -0.497 e. The summed E-state index contributed by atoms with van der Waals surface area (Å²) in [5.74, 6) is 7.14. The molecular weight excluding hydrogens is 456 g/mol. The molecule has 0 saturated heterocycles. The highest BCUT2D eigenvalue weighted by molar-refractivity contribution is 9.10. The minimum absolute atomic E-state index is 0.0423. The second-order valence-corrected chi connectivity index (χ2v) is 7.79. The lowest BCUT2D eigenvalue weighted by Crippen LogP contribution is -2.14. The molecule has 0 fully saturated rings. The Balaban J connectivity index is 1.60. The molecule has 0 aliphatic carbocycles. The Morgan fingerprint density at radius 2 is 1.83 bits per heavy atom. The number of hydrazone groups is 1. The van der Waals surface area contributed by atoms with Gasteiger partial charge >= 0.3 is 0 Å². The maximum Gasteiger partial charge on any atom is 0.264 e. The number of anilines is 1. The number of rotatable bonds is 8. The maximum absolute atomic E-state index is 12.3. The third-order valence-electron chi connectivity index (χ3n) is 3.99. The molecule has 0 unspecified atom stereocenters. The van der Waals surface area contributed by atoms with Gasteiger partial charge < -0.3 is 10.6 Å². The van der Waals surface area contributed by atoms with Crippen LogP contribution in [-0.2, 0) is 0 Å². The van der Waals surface area contributed by atoms with Crippen LogP contribution in [0.3, 0.4) is 0 Å². The Labute approximate surface area is 180 Å². The Morgan fingerprint density at radius 3 is 2.48 bits per heavy atom. The number of ketones is 1. The Hall–Kier alpha value is -2.85. The molecule has 1 aromatic heterocycles. The lowest BCUT2D eigenvalue weighted by atomic mass is 10.1. The van der Waals surface area contributed by atoms with Crippen LogP contribution in [0.5, 0.6) is 5.75 Å². The number of nitrogen functional groups attached to an aromatic ring is 1. The number of carbonyl (C=O) groups is 1. The van der Waals surface area contributed by atoms with Crippen LogP contribution >= 0.6 is 27.7 Å². The monoisotopic (exact) mass is 474 g/mol. The van der Waals surface area contributed by atoms with Crippen molar-refractivity contribution >= 4 is 45.1 Å². The summed E-state index contributed by atoms with van der Waals surface area (Å²) in [5, 5.41) is 12.7. The number of halogens is 1. The van der Waals surface area contributed by atoms with Crippen molar-refractivity contribution in [2.24, 2.45) is 5.10 Å². The second-order valence-electron chi connectivity index (χ2n) is 5.93. The minimum atomic E-state index is -0.0423. The molecule has 3 rings (SSSR count). The van der Waals surface area contributed by atoms with E-state index in [4.69, 9.17) is 10.6 Å². The highest BCUT2D eigenvalue weighted by Crippen LogP contribution is 2.20. The fraction of sp³-hybridized carbons (Fsp3) is 0.158. The van der Waals surface area contributed by atoms with Crippen molar-refractivity contribution < 1.29 is 9.53 Å². The molecule has 29 heavy (non-hydrogen) atoms. The molecule has 0 aliphatic heterocycles. The number of hydrogen-bond acceptors (Lipinski definition) is 8. The summed E-state index contributed by atoms with van der Waals surface area (Å²) in [6.45, 7) is 1.87. The SMILES string of the molecule is COc1ccc(C(=O)CSc2nnc(N/N=C(\C)c3ccc(Br)cc3)n2N)cc1. The molecule has 0 radical (unpaired) electrons. The average Bonchev–Trinajstić information content (AvgIpc) is 3.10. The Morgan fingerprint density at radius 1 is 1.17 bits per heavy atom. The number of carbonyl (C=O) groups excluding carboxylic acids is 1. The van der Waals surface area contributed by atoms with E-state index < -0.39 is 0 Å². The summed E-state index contributed by atoms with van der Waals surface area (Å²) in [4.78, 5) is 12.3. The van der Waals surface area contributed by atoms with Gasteiger partial charge in [0.1, 0.15) is 5.75 Å². The molecule has 0 saturated carbocycles. The predicted octanol–water partition coefficient (Wildman–Crippen LogP) is 3.57. The van der Waals surface area contributed by atoms with Crippen molar-refractivity contribution in [2.75, 3.05) is 24.1 Å². The average molecular weight is 475 g/mol. The third-order valence-corrected chi connectivity index (χ3v) is 5.47. The van der Waals surface area contributed by atoms with Crippen LogP contribution in [0.2, 0.25) is 0 Å². The number of thioether (sulfide) groups is 1. The van der Waals surface area contributed by atoms with Gasteiger partial charge in [0, 0.05) is 10.0 Å². The first kappa shape index (κ1) is 20.9. The highest BCUT2D eigenvalue weighted by atomic mass is 79.9. The van der Waals surface area contributed by atoms with Gasteiger partial charge in [-0.15, -0.1) is 10.2 Å². The van der Waals surface area contributed by atoms with Gasteiger partial charge in [-0.25, -0.2) is 10.1 Å². The zero-order valence-corrected chi connectivity index (χ0v) is 18.2. The smallest absolute Gasteiger partial charge is 0.264 e. The molecule has 0 aliphatic rings. The van der Waals surface area contributed by atoms with Crippen LogP contribution in [0.25, 0.3) is 0 Å². The molecule has 3 aromatic rings. The highest BCUT2D eigenvalue weighted by Gasteiger charge is 2.13. The van der Waals surface area contributed by atoms with E-state index in [1.807, 2.05) is 31.2 Å². The standard InChI is InChI=1S/C19H19BrN6O2S/c1-12(13-3-7-15(20)8-4-13)22-23-18-24-25-19(26(18)21)29-11-17(27)14-5-9-16(28-2)10-6-14/h3-10H,11,21H2,1-2H3,(H,23,24)/b22-12+. The van der Waals surface area contributed by atoms with E-state index >= 15 is 0 Å². The molecule has 1 heterocycles. The zero-order chi connectivity index (χ0) is 20.8. The van der Waals surface area contributed by atoms with Crippen LogP contribution in [-0.4, -0.2) is 39.2 Å². The molecule has 8 nitrogen and oxygen atoms in total. The number of benzene rings is 2. The number of nitrogens with two attached hydrogens (primary N) is 1. The number of Topliss-reactive ketones (excluding diaryl/α,β-unsaturated/α-hetero) is 1. The number of hydrogen-bond donors (Lipinski definition) is 2. The van der Waals surface area contributed by atoms with E-state index in [1.54, 1.807) is 31.4 Å². The number of nitrogens with zero attached hydrogens (tertiary/aromatic N) is 4. The number of ether oxygens (including phenoxy) is 1. The van der Waals surface area contributed by atoms with Gasteiger partial charge in [-0.05, 0) is 48.9 Å².